The van der Waals surface area contributed by atoms with Crippen LogP contribution in [0.3, 0.4) is 0 Å². The van der Waals surface area contributed by atoms with Gasteiger partial charge in [0.05, 0.1) is 11.3 Å². The quantitative estimate of drug-likeness (QED) is 0.654. The third kappa shape index (κ3) is 5.97. The van der Waals surface area contributed by atoms with E-state index in [9.17, 15) is 9.59 Å². The van der Waals surface area contributed by atoms with E-state index in [0.717, 1.165) is 25.7 Å². The van der Waals surface area contributed by atoms with Gasteiger partial charge in [-0.25, -0.2) is 0 Å². The SMILES string of the molecule is CCC(Oc1cccc(Cl)c1)C(=O)Nc1ccccc1C(=O)NC1CCCCC1. The highest BCUT2D eigenvalue weighted by molar-refractivity contribution is 6.30. The number of ether oxygens (including phenoxy) is 1. The van der Waals surface area contributed by atoms with E-state index in [1.165, 1.54) is 6.42 Å². The van der Waals surface area contributed by atoms with E-state index < -0.39 is 6.10 Å². The Bertz CT molecular complexity index is 850. The first-order valence-electron chi connectivity index (χ1n) is 10.2. The van der Waals surface area contributed by atoms with Gasteiger partial charge in [-0.15, -0.1) is 0 Å². The molecule has 1 aliphatic rings. The monoisotopic (exact) mass is 414 g/mol. The smallest absolute Gasteiger partial charge is 0.265 e. The molecular formula is C23H27ClN2O3. The minimum Gasteiger partial charge on any atom is -0.481 e. The third-order valence-electron chi connectivity index (χ3n) is 5.11. The Hall–Kier alpha value is -2.53. The van der Waals surface area contributed by atoms with Crippen LogP contribution in [-0.2, 0) is 4.79 Å². The number of halogens is 1. The number of carbonyl (C=O) groups excluding carboxylic acids is 2. The van der Waals surface area contributed by atoms with Crippen molar-refractivity contribution in [1.29, 1.82) is 0 Å². The van der Waals surface area contributed by atoms with E-state index in [4.69, 9.17) is 16.3 Å². The molecule has 29 heavy (non-hydrogen) atoms. The van der Waals surface area contributed by atoms with Crippen LogP contribution in [0.4, 0.5) is 5.69 Å². The van der Waals surface area contributed by atoms with Gasteiger partial charge in [0, 0.05) is 11.1 Å². The first-order valence-corrected chi connectivity index (χ1v) is 10.6. The predicted octanol–water partition coefficient (Wildman–Crippen LogP) is 5.20. The van der Waals surface area contributed by atoms with E-state index in [1.807, 2.05) is 6.92 Å². The molecule has 1 saturated carbocycles. The summed E-state index contributed by atoms with van der Waals surface area (Å²) in [6.07, 6.45) is 5.31. The zero-order chi connectivity index (χ0) is 20.6. The Labute approximate surface area is 176 Å². The summed E-state index contributed by atoms with van der Waals surface area (Å²) < 4.78 is 5.80. The largest absolute Gasteiger partial charge is 0.481 e. The molecule has 0 bridgehead atoms. The molecule has 5 nitrogen and oxygen atoms in total. The summed E-state index contributed by atoms with van der Waals surface area (Å²) in [4.78, 5) is 25.6. The van der Waals surface area contributed by atoms with Gasteiger partial charge in [-0.05, 0) is 49.6 Å². The molecule has 0 spiro atoms. The topological polar surface area (TPSA) is 67.4 Å². The molecule has 6 heteroatoms. The highest BCUT2D eigenvalue weighted by Crippen LogP contribution is 2.22. The maximum absolute atomic E-state index is 12.8. The fraction of sp³-hybridized carbons (Fsp3) is 0.391. The number of benzene rings is 2. The van der Waals surface area contributed by atoms with Gasteiger partial charge < -0.3 is 15.4 Å². The lowest BCUT2D eigenvalue weighted by molar-refractivity contribution is -0.122. The Balaban J connectivity index is 1.68. The Morgan fingerprint density at radius 1 is 1.10 bits per heavy atom. The molecule has 154 valence electrons. The number of anilines is 1. The van der Waals surface area contributed by atoms with Crippen LogP contribution in [0.1, 0.15) is 55.8 Å². The fourth-order valence-electron chi connectivity index (χ4n) is 3.54. The van der Waals surface area contributed by atoms with Crippen molar-refractivity contribution in [3.8, 4) is 5.75 Å². The van der Waals surface area contributed by atoms with Gasteiger partial charge in [0.1, 0.15) is 5.75 Å². The average molecular weight is 415 g/mol. The molecule has 2 amide bonds. The van der Waals surface area contributed by atoms with Crippen LogP contribution in [0.2, 0.25) is 5.02 Å². The van der Waals surface area contributed by atoms with Crippen LogP contribution in [0.15, 0.2) is 48.5 Å². The highest BCUT2D eigenvalue weighted by Gasteiger charge is 2.22. The van der Waals surface area contributed by atoms with E-state index in [-0.39, 0.29) is 17.9 Å². The van der Waals surface area contributed by atoms with Crippen LogP contribution in [0, 0.1) is 0 Å². The number of rotatable bonds is 7. The normalized spacial score (nSPS) is 15.4. The Kier molecular flexibility index (Phi) is 7.53. The zero-order valence-corrected chi connectivity index (χ0v) is 17.4. The summed E-state index contributed by atoms with van der Waals surface area (Å²) in [6.45, 7) is 1.87. The van der Waals surface area contributed by atoms with Crippen LogP contribution in [0.25, 0.3) is 0 Å². The average Bonchev–Trinajstić information content (AvgIpc) is 2.73. The second-order valence-electron chi connectivity index (χ2n) is 7.32. The first kappa shape index (κ1) is 21.2. The van der Waals surface area contributed by atoms with Crippen molar-refractivity contribution in [3.63, 3.8) is 0 Å². The molecule has 1 atom stereocenters. The molecule has 1 fully saturated rings. The van der Waals surface area contributed by atoms with Gasteiger partial charge >= 0.3 is 0 Å². The molecule has 0 heterocycles. The number of hydrogen-bond donors (Lipinski definition) is 2. The zero-order valence-electron chi connectivity index (χ0n) is 16.6. The van der Waals surface area contributed by atoms with Crippen molar-refractivity contribution in [3.05, 3.63) is 59.1 Å². The standard InChI is InChI=1S/C23H27ClN2O3/c1-2-21(29-18-12-8-9-16(24)15-18)23(28)26-20-14-7-6-13-19(20)22(27)25-17-10-4-3-5-11-17/h6-9,12-15,17,21H,2-5,10-11H2,1H3,(H,25,27)(H,26,28). The summed E-state index contributed by atoms with van der Waals surface area (Å²) in [5.41, 5.74) is 0.947. The Morgan fingerprint density at radius 3 is 2.59 bits per heavy atom. The number of nitrogens with one attached hydrogen (secondary N) is 2. The van der Waals surface area contributed by atoms with E-state index >= 15 is 0 Å². The van der Waals surface area contributed by atoms with Crippen LogP contribution < -0.4 is 15.4 Å². The molecule has 0 aliphatic heterocycles. The van der Waals surface area contributed by atoms with Gasteiger partial charge in [0.15, 0.2) is 6.10 Å². The minimum absolute atomic E-state index is 0.156. The predicted molar refractivity (Wildman–Crippen MR) is 116 cm³/mol. The molecule has 0 saturated heterocycles. The summed E-state index contributed by atoms with van der Waals surface area (Å²) in [6, 6.07) is 14.2. The van der Waals surface area contributed by atoms with E-state index in [0.29, 0.717) is 28.4 Å². The molecule has 2 aromatic rings. The van der Waals surface area contributed by atoms with Crippen molar-refractivity contribution < 1.29 is 14.3 Å². The third-order valence-corrected chi connectivity index (χ3v) is 5.34. The second-order valence-corrected chi connectivity index (χ2v) is 7.75. The minimum atomic E-state index is -0.692. The summed E-state index contributed by atoms with van der Waals surface area (Å²) >= 11 is 5.99. The lowest BCUT2D eigenvalue weighted by Gasteiger charge is -2.23. The maximum atomic E-state index is 12.8. The molecule has 1 aliphatic carbocycles. The number of amides is 2. The van der Waals surface area contributed by atoms with Gasteiger partial charge in [0.25, 0.3) is 11.8 Å². The van der Waals surface area contributed by atoms with Crippen molar-refractivity contribution in [1.82, 2.24) is 5.32 Å². The lowest BCUT2D eigenvalue weighted by Crippen LogP contribution is -2.37. The maximum Gasteiger partial charge on any atom is 0.265 e. The van der Waals surface area contributed by atoms with Gasteiger partial charge in [0.2, 0.25) is 0 Å². The van der Waals surface area contributed by atoms with Gasteiger partial charge in [-0.1, -0.05) is 56.0 Å². The fourth-order valence-corrected chi connectivity index (χ4v) is 3.72. The van der Waals surface area contributed by atoms with Gasteiger partial charge in [-0.3, -0.25) is 9.59 Å². The molecule has 2 aromatic carbocycles. The van der Waals surface area contributed by atoms with Crippen molar-refractivity contribution in [2.45, 2.75) is 57.6 Å². The molecule has 0 radical (unpaired) electrons. The van der Waals surface area contributed by atoms with Crippen LogP contribution in [0.5, 0.6) is 5.75 Å². The van der Waals surface area contributed by atoms with Crippen molar-refractivity contribution in [2.75, 3.05) is 5.32 Å². The number of carbonyl (C=O) groups is 2. The summed E-state index contributed by atoms with van der Waals surface area (Å²) in [5.74, 6) is 0.0739. The summed E-state index contributed by atoms with van der Waals surface area (Å²) in [5, 5.41) is 6.50. The van der Waals surface area contributed by atoms with E-state index in [1.54, 1.807) is 48.5 Å². The van der Waals surface area contributed by atoms with E-state index in [2.05, 4.69) is 10.6 Å². The number of para-hydroxylation sites is 1. The van der Waals surface area contributed by atoms with Gasteiger partial charge in [-0.2, -0.15) is 0 Å². The molecular weight excluding hydrogens is 388 g/mol. The number of hydrogen-bond acceptors (Lipinski definition) is 3. The lowest BCUT2D eigenvalue weighted by atomic mass is 9.95. The molecule has 2 N–H and O–H groups in total. The second kappa shape index (κ2) is 10.3. The Morgan fingerprint density at radius 2 is 1.86 bits per heavy atom. The van der Waals surface area contributed by atoms with Crippen molar-refractivity contribution in [2.24, 2.45) is 0 Å². The van der Waals surface area contributed by atoms with Crippen LogP contribution >= 0.6 is 11.6 Å². The molecule has 3 rings (SSSR count). The van der Waals surface area contributed by atoms with Crippen LogP contribution in [-0.4, -0.2) is 24.0 Å². The van der Waals surface area contributed by atoms with Crippen molar-refractivity contribution >= 4 is 29.1 Å². The molecule has 0 aromatic heterocycles. The summed E-state index contributed by atoms with van der Waals surface area (Å²) in [7, 11) is 0. The first-order chi connectivity index (χ1) is 14.1. The highest BCUT2D eigenvalue weighted by atomic mass is 35.5. The molecule has 1 unspecified atom stereocenters.